The number of nitrogens with zero attached hydrogens (tertiary/aromatic N) is 1. The number of aromatic nitrogens is 1. The molecule has 2 amide bonds. The molecular formula is C19H23N3O2S. The molecule has 0 spiro atoms. The molecule has 1 aliphatic rings. The quantitative estimate of drug-likeness (QED) is 0.866. The smallest absolute Gasteiger partial charge is 0.256 e. The van der Waals surface area contributed by atoms with Crippen LogP contribution in [0.1, 0.15) is 63.3 Å². The van der Waals surface area contributed by atoms with Gasteiger partial charge in [0.1, 0.15) is 5.00 Å². The zero-order valence-electron chi connectivity index (χ0n) is 14.6. The third-order valence-electron chi connectivity index (χ3n) is 4.72. The maximum absolute atomic E-state index is 12.8. The van der Waals surface area contributed by atoms with Crippen molar-refractivity contribution in [1.29, 1.82) is 0 Å². The van der Waals surface area contributed by atoms with Gasteiger partial charge >= 0.3 is 0 Å². The summed E-state index contributed by atoms with van der Waals surface area (Å²) >= 11 is 1.45. The number of carbonyl (C=O) groups excluding carboxylic acids is 2. The Kier molecular flexibility index (Phi) is 5.48. The lowest BCUT2D eigenvalue weighted by Crippen LogP contribution is -2.36. The molecule has 0 saturated heterocycles. The van der Waals surface area contributed by atoms with Gasteiger partial charge in [-0.2, -0.15) is 0 Å². The fourth-order valence-electron chi connectivity index (χ4n) is 3.17. The van der Waals surface area contributed by atoms with E-state index in [1.54, 1.807) is 24.5 Å². The molecule has 1 saturated carbocycles. The van der Waals surface area contributed by atoms with Gasteiger partial charge in [0, 0.05) is 28.9 Å². The van der Waals surface area contributed by atoms with E-state index in [0.717, 1.165) is 36.1 Å². The average Bonchev–Trinajstić information content (AvgIpc) is 2.90. The van der Waals surface area contributed by atoms with Gasteiger partial charge < -0.3 is 10.6 Å². The third kappa shape index (κ3) is 4.07. The zero-order valence-corrected chi connectivity index (χ0v) is 15.4. The Balaban J connectivity index is 1.79. The topological polar surface area (TPSA) is 71.1 Å². The van der Waals surface area contributed by atoms with Crippen LogP contribution < -0.4 is 10.6 Å². The maximum atomic E-state index is 12.8. The van der Waals surface area contributed by atoms with Crippen LogP contribution in [-0.2, 0) is 0 Å². The van der Waals surface area contributed by atoms with Crippen LogP contribution in [0.2, 0.25) is 0 Å². The van der Waals surface area contributed by atoms with Gasteiger partial charge in [-0.3, -0.25) is 14.6 Å². The highest BCUT2D eigenvalue weighted by molar-refractivity contribution is 7.16. The summed E-state index contributed by atoms with van der Waals surface area (Å²) in [5, 5.41) is 6.66. The molecule has 0 atom stereocenters. The van der Waals surface area contributed by atoms with E-state index in [1.807, 2.05) is 13.8 Å². The van der Waals surface area contributed by atoms with Crippen molar-refractivity contribution in [1.82, 2.24) is 10.3 Å². The second kappa shape index (κ2) is 7.78. The molecule has 132 valence electrons. The summed E-state index contributed by atoms with van der Waals surface area (Å²) in [5.41, 5.74) is 2.05. The molecular weight excluding hydrogens is 334 g/mol. The van der Waals surface area contributed by atoms with Gasteiger partial charge in [-0.15, -0.1) is 11.3 Å². The van der Waals surface area contributed by atoms with E-state index in [-0.39, 0.29) is 17.9 Å². The Morgan fingerprint density at radius 1 is 1.08 bits per heavy atom. The normalized spacial score (nSPS) is 15.0. The molecule has 6 heteroatoms. The van der Waals surface area contributed by atoms with E-state index in [9.17, 15) is 9.59 Å². The minimum atomic E-state index is -0.227. The third-order valence-corrected chi connectivity index (χ3v) is 5.85. The van der Waals surface area contributed by atoms with Gasteiger partial charge in [0.15, 0.2) is 0 Å². The summed E-state index contributed by atoms with van der Waals surface area (Å²) in [5.74, 6) is -0.311. The molecule has 25 heavy (non-hydrogen) atoms. The monoisotopic (exact) mass is 357 g/mol. The van der Waals surface area contributed by atoms with Crippen molar-refractivity contribution in [2.75, 3.05) is 5.32 Å². The Bertz CT molecular complexity index is 764. The van der Waals surface area contributed by atoms with Gasteiger partial charge in [-0.25, -0.2) is 0 Å². The molecule has 1 fully saturated rings. The van der Waals surface area contributed by atoms with Crippen molar-refractivity contribution < 1.29 is 9.59 Å². The predicted molar refractivity (Wildman–Crippen MR) is 100 cm³/mol. The molecule has 3 rings (SSSR count). The van der Waals surface area contributed by atoms with E-state index in [2.05, 4.69) is 15.6 Å². The molecule has 2 aromatic rings. The fraction of sp³-hybridized carbons (Fsp3) is 0.421. The van der Waals surface area contributed by atoms with E-state index in [0.29, 0.717) is 16.1 Å². The first-order valence-electron chi connectivity index (χ1n) is 8.68. The summed E-state index contributed by atoms with van der Waals surface area (Å²) in [6.07, 6.45) is 8.80. The summed E-state index contributed by atoms with van der Waals surface area (Å²) in [4.78, 5) is 30.2. The molecule has 1 aliphatic carbocycles. The summed E-state index contributed by atoms with van der Waals surface area (Å²) in [6, 6.07) is 3.55. The van der Waals surface area contributed by atoms with Crippen molar-refractivity contribution in [3.8, 4) is 0 Å². The highest BCUT2D eigenvalue weighted by Crippen LogP contribution is 2.33. The van der Waals surface area contributed by atoms with Gasteiger partial charge in [-0.05, 0) is 44.4 Å². The number of carbonyl (C=O) groups is 2. The standard InChI is InChI=1S/C19H23N3O2S/c1-12-13(2)25-19(22-17(23)14-8-10-20-11-9-14)16(12)18(24)21-15-6-4-3-5-7-15/h8-11,15H,3-7H2,1-2H3,(H,21,24)(H,22,23). The number of thiophene rings is 1. The SMILES string of the molecule is Cc1sc(NC(=O)c2ccncc2)c(C(=O)NC2CCCCC2)c1C. The highest BCUT2D eigenvalue weighted by Gasteiger charge is 2.24. The summed E-state index contributed by atoms with van der Waals surface area (Å²) < 4.78 is 0. The number of rotatable bonds is 4. The van der Waals surface area contributed by atoms with Crippen molar-refractivity contribution in [3.63, 3.8) is 0 Å². The molecule has 0 aliphatic heterocycles. The Morgan fingerprint density at radius 2 is 1.76 bits per heavy atom. The van der Waals surface area contributed by atoms with E-state index in [1.165, 1.54) is 17.8 Å². The van der Waals surface area contributed by atoms with Gasteiger partial charge in [0.05, 0.1) is 5.56 Å². The fourth-order valence-corrected chi connectivity index (χ4v) is 4.22. The number of pyridine rings is 1. The van der Waals surface area contributed by atoms with Gasteiger partial charge in [0.2, 0.25) is 0 Å². The largest absolute Gasteiger partial charge is 0.349 e. The first-order valence-corrected chi connectivity index (χ1v) is 9.50. The van der Waals surface area contributed by atoms with Crippen molar-refractivity contribution in [3.05, 3.63) is 46.1 Å². The number of hydrogen-bond donors (Lipinski definition) is 2. The molecule has 5 nitrogen and oxygen atoms in total. The number of amides is 2. The van der Waals surface area contributed by atoms with Crippen LogP contribution in [0.3, 0.4) is 0 Å². The van der Waals surface area contributed by atoms with Crippen LogP contribution in [0, 0.1) is 13.8 Å². The molecule has 0 aromatic carbocycles. The second-order valence-corrected chi connectivity index (χ2v) is 7.71. The van der Waals surface area contributed by atoms with Crippen LogP contribution >= 0.6 is 11.3 Å². The summed E-state index contributed by atoms with van der Waals surface area (Å²) in [6.45, 7) is 3.91. The molecule has 2 heterocycles. The number of hydrogen-bond acceptors (Lipinski definition) is 4. The predicted octanol–water partition coefficient (Wildman–Crippen LogP) is 4.07. The summed E-state index contributed by atoms with van der Waals surface area (Å²) in [7, 11) is 0. The number of anilines is 1. The minimum absolute atomic E-state index is 0.0845. The van der Waals surface area contributed by atoms with E-state index in [4.69, 9.17) is 0 Å². The Hall–Kier alpha value is -2.21. The van der Waals surface area contributed by atoms with Crippen LogP contribution in [0.15, 0.2) is 24.5 Å². The van der Waals surface area contributed by atoms with Crippen LogP contribution in [-0.4, -0.2) is 22.8 Å². The molecule has 0 bridgehead atoms. The van der Waals surface area contributed by atoms with Crippen LogP contribution in [0.4, 0.5) is 5.00 Å². The second-order valence-electron chi connectivity index (χ2n) is 6.49. The molecule has 2 N–H and O–H groups in total. The first-order chi connectivity index (χ1) is 12.1. The van der Waals surface area contributed by atoms with Crippen molar-refractivity contribution in [2.24, 2.45) is 0 Å². The van der Waals surface area contributed by atoms with E-state index >= 15 is 0 Å². The zero-order chi connectivity index (χ0) is 17.8. The average molecular weight is 357 g/mol. The Morgan fingerprint density at radius 3 is 2.44 bits per heavy atom. The Labute approximate surface area is 151 Å². The first kappa shape index (κ1) is 17.6. The van der Waals surface area contributed by atoms with Crippen molar-refractivity contribution in [2.45, 2.75) is 52.0 Å². The number of nitrogens with one attached hydrogen (secondary N) is 2. The van der Waals surface area contributed by atoms with Crippen LogP contribution in [0.25, 0.3) is 0 Å². The van der Waals surface area contributed by atoms with E-state index < -0.39 is 0 Å². The maximum Gasteiger partial charge on any atom is 0.256 e. The number of aryl methyl sites for hydroxylation is 1. The van der Waals surface area contributed by atoms with Gasteiger partial charge in [-0.1, -0.05) is 19.3 Å². The molecule has 2 aromatic heterocycles. The lowest BCUT2D eigenvalue weighted by atomic mass is 9.95. The minimum Gasteiger partial charge on any atom is -0.349 e. The van der Waals surface area contributed by atoms with Crippen molar-refractivity contribution >= 4 is 28.2 Å². The lowest BCUT2D eigenvalue weighted by molar-refractivity contribution is 0.0928. The molecule has 0 unspecified atom stereocenters. The highest BCUT2D eigenvalue weighted by atomic mass is 32.1. The van der Waals surface area contributed by atoms with Crippen LogP contribution in [0.5, 0.6) is 0 Å². The lowest BCUT2D eigenvalue weighted by Gasteiger charge is -2.23. The van der Waals surface area contributed by atoms with Gasteiger partial charge in [0.25, 0.3) is 11.8 Å². The molecule has 0 radical (unpaired) electrons.